The van der Waals surface area contributed by atoms with Gasteiger partial charge in [0, 0.05) is 17.0 Å². The maximum absolute atomic E-state index is 3.61. The molecule has 2 rings (SSSR count). The van der Waals surface area contributed by atoms with E-state index in [4.69, 9.17) is 0 Å². The minimum atomic E-state index is 0.606. The Balaban J connectivity index is 2.31. The fourth-order valence-electron chi connectivity index (χ4n) is 1.93. The molecule has 1 aromatic heterocycles. The summed E-state index contributed by atoms with van der Waals surface area (Å²) in [7, 11) is 0. The molecule has 0 amide bonds. The van der Waals surface area contributed by atoms with Crippen LogP contribution in [0.15, 0.2) is 11.4 Å². The molecule has 0 radical (unpaired) electrons. The van der Waals surface area contributed by atoms with Gasteiger partial charge in [0.05, 0.1) is 0 Å². The Morgan fingerprint density at radius 2 is 2.50 bits per heavy atom. The third kappa shape index (κ3) is 1.29. The monoisotopic (exact) mass is 181 g/mol. The molecule has 1 aliphatic heterocycles. The highest BCUT2D eigenvalue weighted by atomic mass is 32.1. The summed E-state index contributed by atoms with van der Waals surface area (Å²) < 4.78 is 0. The summed E-state index contributed by atoms with van der Waals surface area (Å²) in [6, 6.07) is 3.53. The quantitative estimate of drug-likeness (QED) is 0.702. The normalized spacial score (nSPS) is 28.5. The average Bonchev–Trinajstić information content (AvgIpc) is 2.50. The Morgan fingerprint density at radius 3 is 3.25 bits per heavy atom. The lowest BCUT2D eigenvalue weighted by atomic mass is 9.97. The summed E-state index contributed by atoms with van der Waals surface area (Å²) in [6.07, 6.45) is 2.41. The topological polar surface area (TPSA) is 12.0 Å². The lowest BCUT2D eigenvalue weighted by Gasteiger charge is -2.28. The molecule has 2 unspecified atom stereocenters. The zero-order chi connectivity index (χ0) is 8.55. The molecule has 1 N–H and O–H groups in total. The van der Waals surface area contributed by atoms with Crippen LogP contribution < -0.4 is 5.32 Å². The minimum absolute atomic E-state index is 0.606. The van der Waals surface area contributed by atoms with Crippen LogP contribution in [0.2, 0.25) is 0 Å². The second-order valence-electron chi connectivity index (χ2n) is 3.53. The van der Waals surface area contributed by atoms with Crippen LogP contribution in [0.4, 0.5) is 0 Å². The maximum atomic E-state index is 3.61. The summed E-state index contributed by atoms with van der Waals surface area (Å²) in [4.78, 5) is 1.59. The van der Waals surface area contributed by atoms with E-state index >= 15 is 0 Å². The molecular weight excluding hydrogens is 166 g/mol. The van der Waals surface area contributed by atoms with E-state index in [-0.39, 0.29) is 0 Å². The second kappa shape index (κ2) is 3.19. The predicted octanol–water partition coefficient (Wildman–Crippen LogP) is 2.73. The SMILES string of the molecule is CCC1NC(C)Cc2sccc21. The Hall–Kier alpha value is -0.340. The second-order valence-corrected chi connectivity index (χ2v) is 4.53. The van der Waals surface area contributed by atoms with Gasteiger partial charge in [-0.3, -0.25) is 0 Å². The molecule has 66 valence electrons. The van der Waals surface area contributed by atoms with Crippen LogP contribution in [0.1, 0.15) is 36.8 Å². The summed E-state index contributed by atoms with van der Waals surface area (Å²) in [5.74, 6) is 0. The van der Waals surface area contributed by atoms with Crippen molar-refractivity contribution in [2.24, 2.45) is 0 Å². The van der Waals surface area contributed by atoms with Gasteiger partial charge >= 0.3 is 0 Å². The largest absolute Gasteiger partial charge is 0.307 e. The van der Waals surface area contributed by atoms with Crippen molar-refractivity contribution in [2.75, 3.05) is 0 Å². The summed E-state index contributed by atoms with van der Waals surface area (Å²) in [5, 5.41) is 5.83. The Kier molecular flexibility index (Phi) is 2.20. The number of rotatable bonds is 1. The van der Waals surface area contributed by atoms with Gasteiger partial charge in [0.1, 0.15) is 0 Å². The molecule has 0 spiro atoms. The van der Waals surface area contributed by atoms with Gasteiger partial charge in [-0.05, 0) is 36.8 Å². The first-order valence-corrected chi connectivity index (χ1v) is 5.51. The van der Waals surface area contributed by atoms with Crippen molar-refractivity contribution < 1.29 is 0 Å². The van der Waals surface area contributed by atoms with Gasteiger partial charge in [-0.15, -0.1) is 11.3 Å². The van der Waals surface area contributed by atoms with Gasteiger partial charge in [-0.25, -0.2) is 0 Å². The van der Waals surface area contributed by atoms with Crippen molar-refractivity contribution in [3.05, 3.63) is 21.9 Å². The molecule has 2 heteroatoms. The highest BCUT2D eigenvalue weighted by molar-refractivity contribution is 7.10. The Labute approximate surface area is 77.8 Å². The summed E-state index contributed by atoms with van der Waals surface area (Å²) in [6.45, 7) is 4.52. The average molecular weight is 181 g/mol. The zero-order valence-corrected chi connectivity index (χ0v) is 8.45. The van der Waals surface area contributed by atoms with Crippen LogP contribution in [0.25, 0.3) is 0 Å². The van der Waals surface area contributed by atoms with Gasteiger partial charge in [0.15, 0.2) is 0 Å². The number of hydrogen-bond acceptors (Lipinski definition) is 2. The van der Waals surface area contributed by atoms with Crippen molar-refractivity contribution >= 4 is 11.3 Å². The first-order chi connectivity index (χ1) is 5.81. The van der Waals surface area contributed by atoms with Crippen molar-refractivity contribution in [3.8, 4) is 0 Å². The maximum Gasteiger partial charge on any atom is 0.0331 e. The molecular formula is C10H15NS. The predicted molar refractivity (Wildman–Crippen MR) is 53.7 cm³/mol. The Bertz CT molecular complexity index is 267. The van der Waals surface area contributed by atoms with E-state index in [9.17, 15) is 0 Å². The van der Waals surface area contributed by atoms with Crippen LogP contribution in [0.3, 0.4) is 0 Å². The van der Waals surface area contributed by atoms with Gasteiger partial charge in [0.2, 0.25) is 0 Å². The molecule has 0 saturated carbocycles. The number of hydrogen-bond donors (Lipinski definition) is 1. The highest BCUT2D eigenvalue weighted by Gasteiger charge is 2.22. The smallest absolute Gasteiger partial charge is 0.0331 e. The van der Waals surface area contributed by atoms with Gasteiger partial charge < -0.3 is 5.32 Å². The molecule has 12 heavy (non-hydrogen) atoms. The van der Waals surface area contributed by atoms with Crippen molar-refractivity contribution in [1.82, 2.24) is 5.32 Å². The number of thiophene rings is 1. The molecule has 0 aliphatic carbocycles. The zero-order valence-electron chi connectivity index (χ0n) is 7.63. The molecule has 2 heterocycles. The molecule has 0 fully saturated rings. The molecule has 0 aromatic carbocycles. The summed E-state index contributed by atoms with van der Waals surface area (Å²) >= 11 is 1.91. The number of nitrogens with one attached hydrogen (secondary N) is 1. The minimum Gasteiger partial charge on any atom is -0.307 e. The standard InChI is InChI=1S/C10H15NS/c1-3-9-8-4-5-12-10(8)6-7(2)11-9/h4-5,7,9,11H,3,6H2,1-2H3. The number of fused-ring (bicyclic) bond motifs is 1. The fraction of sp³-hybridized carbons (Fsp3) is 0.600. The molecule has 1 aromatic rings. The van der Waals surface area contributed by atoms with E-state index in [2.05, 4.69) is 30.6 Å². The molecule has 0 saturated heterocycles. The lowest BCUT2D eigenvalue weighted by Crippen LogP contribution is -2.36. The van der Waals surface area contributed by atoms with Gasteiger partial charge in [-0.2, -0.15) is 0 Å². The third-order valence-corrected chi connectivity index (χ3v) is 3.50. The fourth-order valence-corrected chi connectivity index (χ4v) is 3.01. The first kappa shape index (κ1) is 8.27. The van der Waals surface area contributed by atoms with Gasteiger partial charge in [-0.1, -0.05) is 6.92 Å². The van der Waals surface area contributed by atoms with Gasteiger partial charge in [0.25, 0.3) is 0 Å². The van der Waals surface area contributed by atoms with E-state index in [1.165, 1.54) is 12.8 Å². The van der Waals surface area contributed by atoms with Crippen LogP contribution in [-0.2, 0) is 6.42 Å². The van der Waals surface area contributed by atoms with Crippen LogP contribution in [0.5, 0.6) is 0 Å². The van der Waals surface area contributed by atoms with Crippen molar-refractivity contribution in [2.45, 2.75) is 38.8 Å². The van der Waals surface area contributed by atoms with E-state index < -0.39 is 0 Å². The highest BCUT2D eigenvalue weighted by Crippen LogP contribution is 2.30. The van der Waals surface area contributed by atoms with E-state index in [0.29, 0.717) is 12.1 Å². The van der Waals surface area contributed by atoms with Crippen LogP contribution in [-0.4, -0.2) is 6.04 Å². The van der Waals surface area contributed by atoms with E-state index in [1.54, 1.807) is 10.4 Å². The lowest BCUT2D eigenvalue weighted by molar-refractivity contribution is 0.419. The van der Waals surface area contributed by atoms with Crippen molar-refractivity contribution in [1.29, 1.82) is 0 Å². The molecule has 1 aliphatic rings. The van der Waals surface area contributed by atoms with Crippen LogP contribution >= 0.6 is 11.3 Å². The molecule has 2 atom stereocenters. The Morgan fingerprint density at radius 1 is 1.67 bits per heavy atom. The van der Waals surface area contributed by atoms with Crippen molar-refractivity contribution in [3.63, 3.8) is 0 Å². The van der Waals surface area contributed by atoms with E-state index in [1.807, 2.05) is 11.3 Å². The first-order valence-electron chi connectivity index (χ1n) is 4.63. The summed E-state index contributed by atoms with van der Waals surface area (Å²) in [5.41, 5.74) is 1.54. The molecule has 0 bridgehead atoms. The van der Waals surface area contributed by atoms with E-state index in [0.717, 1.165) is 0 Å². The molecule has 1 nitrogen and oxygen atoms in total. The third-order valence-electron chi connectivity index (χ3n) is 2.54. The van der Waals surface area contributed by atoms with Crippen LogP contribution in [0, 0.1) is 0 Å².